The number of furan rings is 1. The van der Waals surface area contributed by atoms with E-state index in [1.165, 1.54) is 17.6 Å². The van der Waals surface area contributed by atoms with E-state index >= 15 is 0 Å². The SMILES string of the molecule is COCc1cc(C)nc2sc([C@H](O)c3ccccc3)c(NC(=O)c3ccco3)c12. The molecular formula is C22H20N2O4S. The van der Waals surface area contributed by atoms with E-state index in [0.717, 1.165) is 27.0 Å². The van der Waals surface area contributed by atoms with Crippen LogP contribution in [-0.2, 0) is 11.3 Å². The van der Waals surface area contributed by atoms with Crippen molar-refractivity contribution in [3.05, 3.63) is 82.3 Å². The zero-order chi connectivity index (χ0) is 20.4. The predicted octanol–water partition coefficient (Wildman–Crippen LogP) is 4.68. The minimum atomic E-state index is -0.905. The van der Waals surface area contributed by atoms with Crippen LogP contribution in [0.15, 0.2) is 59.2 Å². The zero-order valence-corrected chi connectivity index (χ0v) is 16.8. The van der Waals surface area contributed by atoms with Gasteiger partial charge in [0.2, 0.25) is 0 Å². The quantitative estimate of drug-likeness (QED) is 0.484. The first-order chi connectivity index (χ1) is 14.1. The molecule has 0 fully saturated rings. The molecule has 6 nitrogen and oxygen atoms in total. The molecule has 0 bridgehead atoms. The number of hydrogen-bond donors (Lipinski definition) is 2. The van der Waals surface area contributed by atoms with E-state index in [1.54, 1.807) is 19.2 Å². The van der Waals surface area contributed by atoms with Gasteiger partial charge < -0.3 is 19.6 Å². The molecule has 1 amide bonds. The Labute approximate surface area is 171 Å². The lowest BCUT2D eigenvalue weighted by atomic mass is 10.0. The Hall–Kier alpha value is -3.00. The number of benzene rings is 1. The van der Waals surface area contributed by atoms with Crippen LogP contribution in [-0.4, -0.2) is 23.1 Å². The van der Waals surface area contributed by atoms with Crippen molar-refractivity contribution in [3.63, 3.8) is 0 Å². The van der Waals surface area contributed by atoms with Crippen LogP contribution in [0, 0.1) is 6.92 Å². The number of ether oxygens (including phenoxy) is 1. The van der Waals surface area contributed by atoms with Crippen molar-refractivity contribution < 1.29 is 19.1 Å². The van der Waals surface area contributed by atoms with Crippen LogP contribution < -0.4 is 5.32 Å². The molecule has 0 radical (unpaired) electrons. The summed E-state index contributed by atoms with van der Waals surface area (Å²) < 4.78 is 10.6. The summed E-state index contributed by atoms with van der Waals surface area (Å²) in [5, 5.41) is 14.8. The molecule has 3 heterocycles. The summed E-state index contributed by atoms with van der Waals surface area (Å²) >= 11 is 1.36. The number of aliphatic hydroxyl groups excluding tert-OH is 1. The summed E-state index contributed by atoms with van der Waals surface area (Å²) in [5.41, 5.74) is 3.00. The number of hydrogen-bond acceptors (Lipinski definition) is 6. The van der Waals surface area contributed by atoms with Gasteiger partial charge in [-0.1, -0.05) is 30.3 Å². The van der Waals surface area contributed by atoms with Gasteiger partial charge >= 0.3 is 0 Å². The summed E-state index contributed by atoms with van der Waals surface area (Å²) in [7, 11) is 1.62. The third-order valence-electron chi connectivity index (χ3n) is 4.55. The second kappa shape index (κ2) is 8.16. The van der Waals surface area contributed by atoms with E-state index in [2.05, 4.69) is 10.3 Å². The predicted molar refractivity (Wildman–Crippen MR) is 112 cm³/mol. The number of methoxy groups -OCH3 is 1. The lowest BCUT2D eigenvalue weighted by molar-refractivity contribution is 0.0996. The first kappa shape index (κ1) is 19.3. The van der Waals surface area contributed by atoms with Crippen LogP contribution in [0.4, 0.5) is 5.69 Å². The molecule has 1 atom stereocenters. The summed E-state index contributed by atoms with van der Waals surface area (Å²) in [6, 6.07) is 14.5. The average Bonchev–Trinajstić information content (AvgIpc) is 3.37. The molecule has 0 aliphatic rings. The number of fused-ring (bicyclic) bond motifs is 1. The number of thiophene rings is 1. The van der Waals surface area contributed by atoms with E-state index in [0.29, 0.717) is 17.2 Å². The number of aryl methyl sites for hydroxylation is 1. The molecule has 7 heteroatoms. The first-order valence-electron chi connectivity index (χ1n) is 9.08. The van der Waals surface area contributed by atoms with Crippen molar-refractivity contribution >= 4 is 33.1 Å². The van der Waals surface area contributed by atoms with E-state index in [4.69, 9.17) is 9.15 Å². The van der Waals surface area contributed by atoms with Gasteiger partial charge in [0, 0.05) is 18.2 Å². The molecule has 148 valence electrons. The maximum Gasteiger partial charge on any atom is 0.291 e. The Kier molecular flexibility index (Phi) is 5.44. The Balaban J connectivity index is 1.89. The second-order valence-electron chi connectivity index (χ2n) is 6.62. The summed E-state index contributed by atoms with van der Waals surface area (Å²) in [5.74, 6) is -0.196. The Morgan fingerprint density at radius 3 is 2.76 bits per heavy atom. The molecule has 4 aromatic rings. The number of pyridine rings is 1. The minimum absolute atomic E-state index is 0.192. The van der Waals surface area contributed by atoms with Gasteiger partial charge in [0.05, 0.1) is 23.4 Å². The summed E-state index contributed by atoms with van der Waals surface area (Å²) in [4.78, 5) is 18.7. The fourth-order valence-electron chi connectivity index (χ4n) is 3.29. The molecular weight excluding hydrogens is 388 g/mol. The first-order valence-corrected chi connectivity index (χ1v) is 9.90. The van der Waals surface area contributed by atoms with Crippen LogP contribution in [0.1, 0.15) is 38.4 Å². The number of aromatic nitrogens is 1. The van der Waals surface area contributed by atoms with Gasteiger partial charge in [0.25, 0.3) is 5.91 Å². The number of rotatable bonds is 6. The van der Waals surface area contributed by atoms with Crippen LogP contribution in [0.3, 0.4) is 0 Å². The molecule has 0 aliphatic heterocycles. The smallest absolute Gasteiger partial charge is 0.291 e. The highest BCUT2D eigenvalue weighted by Gasteiger charge is 2.25. The molecule has 0 aliphatic carbocycles. The standard InChI is InChI=1S/C22H20N2O4S/c1-13-11-15(12-27-2)17-18(24-21(26)16-9-6-10-28-16)20(29-22(17)23-13)19(25)14-7-4-3-5-8-14/h3-11,19,25H,12H2,1-2H3,(H,24,26)/t19-/m1/s1. The van der Waals surface area contributed by atoms with E-state index in [9.17, 15) is 9.90 Å². The third-order valence-corrected chi connectivity index (χ3v) is 5.68. The lowest BCUT2D eigenvalue weighted by Crippen LogP contribution is -2.13. The van der Waals surface area contributed by atoms with Gasteiger partial charge in [-0.15, -0.1) is 11.3 Å². The molecule has 0 saturated heterocycles. The van der Waals surface area contributed by atoms with E-state index in [-0.39, 0.29) is 11.7 Å². The van der Waals surface area contributed by atoms with Crippen molar-refractivity contribution in [1.82, 2.24) is 4.98 Å². The number of amides is 1. The van der Waals surface area contributed by atoms with Crippen molar-refractivity contribution in [2.45, 2.75) is 19.6 Å². The number of aliphatic hydroxyl groups is 1. The maximum absolute atomic E-state index is 12.7. The molecule has 29 heavy (non-hydrogen) atoms. The number of anilines is 1. The van der Waals surface area contributed by atoms with Crippen LogP contribution in [0.2, 0.25) is 0 Å². The fraction of sp³-hybridized carbons (Fsp3) is 0.182. The number of nitrogens with zero attached hydrogens (tertiary/aromatic N) is 1. The molecule has 0 spiro atoms. The van der Waals surface area contributed by atoms with E-state index < -0.39 is 6.10 Å². The normalized spacial score (nSPS) is 12.2. The van der Waals surface area contributed by atoms with Crippen molar-refractivity contribution in [3.8, 4) is 0 Å². The second-order valence-corrected chi connectivity index (χ2v) is 7.65. The van der Waals surface area contributed by atoms with Crippen LogP contribution >= 0.6 is 11.3 Å². The molecule has 0 saturated carbocycles. The van der Waals surface area contributed by atoms with Gasteiger partial charge in [-0.25, -0.2) is 4.98 Å². The minimum Gasteiger partial charge on any atom is -0.459 e. The highest BCUT2D eigenvalue weighted by Crippen LogP contribution is 2.43. The monoisotopic (exact) mass is 408 g/mol. The van der Waals surface area contributed by atoms with Crippen molar-refractivity contribution in [2.75, 3.05) is 12.4 Å². The molecule has 1 aromatic carbocycles. The highest BCUT2D eigenvalue weighted by atomic mass is 32.1. The van der Waals surface area contributed by atoms with Crippen LogP contribution in [0.25, 0.3) is 10.2 Å². The molecule has 0 unspecified atom stereocenters. The van der Waals surface area contributed by atoms with Gasteiger partial charge in [-0.3, -0.25) is 4.79 Å². The van der Waals surface area contributed by atoms with Gasteiger partial charge in [-0.05, 0) is 36.2 Å². The number of carbonyl (C=O) groups is 1. The lowest BCUT2D eigenvalue weighted by Gasteiger charge is -2.13. The number of nitrogens with one attached hydrogen (secondary N) is 1. The van der Waals surface area contributed by atoms with Gasteiger partial charge in [0.1, 0.15) is 10.9 Å². The Morgan fingerprint density at radius 2 is 2.07 bits per heavy atom. The zero-order valence-electron chi connectivity index (χ0n) is 16.0. The Morgan fingerprint density at radius 1 is 1.28 bits per heavy atom. The molecule has 2 N–H and O–H groups in total. The average molecular weight is 408 g/mol. The topological polar surface area (TPSA) is 84.6 Å². The van der Waals surface area contributed by atoms with Crippen molar-refractivity contribution in [1.29, 1.82) is 0 Å². The van der Waals surface area contributed by atoms with Crippen LogP contribution in [0.5, 0.6) is 0 Å². The molecule has 4 rings (SSSR count). The highest BCUT2D eigenvalue weighted by molar-refractivity contribution is 7.19. The largest absolute Gasteiger partial charge is 0.459 e. The summed E-state index contributed by atoms with van der Waals surface area (Å²) in [6.07, 6.45) is 0.541. The molecule has 3 aromatic heterocycles. The van der Waals surface area contributed by atoms with Gasteiger partial charge in [0.15, 0.2) is 5.76 Å². The Bertz CT molecular complexity index is 1140. The third kappa shape index (κ3) is 3.80. The van der Waals surface area contributed by atoms with Gasteiger partial charge in [-0.2, -0.15) is 0 Å². The summed E-state index contributed by atoms with van der Waals surface area (Å²) in [6.45, 7) is 2.27. The van der Waals surface area contributed by atoms with Crippen molar-refractivity contribution in [2.24, 2.45) is 0 Å². The van der Waals surface area contributed by atoms with E-state index in [1.807, 2.05) is 43.3 Å². The number of carbonyl (C=O) groups excluding carboxylic acids is 1. The maximum atomic E-state index is 12.7. The fourth-order valence-corrected chi connectivity index (χ4v) is 4.52.